The van der Waals surface area contributed by atoms with E-state index in [1.54, 1.807) is 21.8 Å². The largest absolute Gasteiger partial charge is 0.313 e. The molecule has 0 aliphatic heterocycles. The molecule has 0 atom stereocenters. The first-order chi connectivity index (χ1) is 11.6. The monoisotopic (exact) mass is 384 g/mol. The van der Waals surface area contributed by atoms with E-state index in [1.165, 1.54) is 28.2 Å². The number of rotatable bonds is 6. The zero-order chi connectivity index (χ0) is 17.5. The van der Waals surface area contributed by atoms with Gasteiger partial charge in [-0.05, 0) is 42.5 Å². The SMILES string of the molecule is CN(N)c1cccc(C2CC2)c1SCc1ccc(Cl)s1.NNC=O. The van der Waals surface area contributed by atoms with Crippen LogP contribution >= 0.6 is 34.7 Å². The Morgan fingerprint density at radius 3 is 2.62 bits per heavy atom. The van der Waals surface area contributed by atoms with Gasteiger partial charge < -0.3 is 5.01 Å². The maximum absolute atomic E-state index is 8.94. The number of carbonyl (C=O) groups is 1. The lowest BCUT2D eigenvalue weighted by molar-refractivity contribution is -0.109. The summed E-state index contributed by atoms with van der Waals surface area (Å²) < 4.78 is 0.854. The highest BCUT2D eigenvalue weighted by atomic mass is 35.5. The molecule has 1 fully saturated rings. The molecular formula is C16H21ClN4OS2. The van der Waals surface area contributed by atoms with Crippen LogP contribution in [0, 0.1) is 0 Å². The van der Waals surface area contributed by atoms with E-state index >= 15 is 0 Å². The molecule has 5 N–H and O–H groups in total. The Labute approximate surface area is 155 Å². The molecule has 3 rings (SSSR count). The summed E-state index contributed by atoms with van der Waals surface area (Å²) in [5.41, 5.74) is 4.31. The minimum absolute atomic E-state index is 0.403. The van der Waals surface area contributed by atoms with Gasteiger partial charge in [-0.15, -0.1) is 23.1 Å². The number of hydrogen-bond donors (Lipinski definition) is 3. The lowest BCUT2D eigenvalue weighted by Gasteiger charge is -2.19. The van der Waals surface area contributed by atoms with Crippen LogP contribution in [0.15, 0.2) is 35.2 Å². The molecule has 0 bridgehead atoms. The van der Waals surface area contributed by atoms with Crippen molar-refractivity contribution in [1.82, 2.24) is 5.43 Å². The van der Waals surface area contributed by atoms with E-state index in [9.17, 15) is 0 Å². The number of thioether (sulfide) groups is 1. The molecule has 1 aromatic heterocycles. The van der Waals surface area contributed by atoms with Crippen LogP contribution in [0.2, 0.25) is 4.34 Å². The van der Waals surface area contributed by atoms with Crippen molar-refractivity contribution in [3.8, 4) is 0 Å². The van der Waals surface area contributed by atoms with Gasteiger partial charge in [0.05, 0.1) is 10.0 Å². The van der Waals surface area contributed by atoms with Crippen LogP contribution in [0.5, 0.6) is 0 Å². The quantitative estimate of drug-likeness (QED) is 0.233. The highest BCUT2D eigenvalue weighted by molar-refractivity contribution is 7.98. The smallest absolute Gasteiger partial charge is 0.221 e. The second kappa shape index (κ2) is 9.29. The maximum Gasteiger partial charge on any atom is 0.221 e. The number of nitrogens with two attached hydrogens (primary N) is 2. The van der Waals surface area contributed by atoms with Crippen LogP contribution in [-0.2, 0) is 10.5 Å². The van der Waals surface area contributed by atoms with Crippen LogP contribution in [0.3, 0.4) is 0 Å². The molecule has 0 spiro atoms. The molecule has 1 saturated carbocycles. The second-order valence-corrected chi connectivity index (χ2v) is 8.14. The van der Waals surface area contributed by atoms with Gasteiger partial charge in [-0.3, -0.25) is 10.2 Å². The number of nitrogens with zero attached hydrogens (tertiary/aromatic N) is 1. The normalized spacial score (nSPS) is 13.0. The molecular weight excluding hydrogens is 364 g/mol. The molecule has 1 amide bonds. The van der Waals surface area contributed by atoms with Crippen LogP contribution in [-0.4, -0.2) is 13.5 Å². The van der Waals surface area contributed by atoms with Gasteiger partial charge in [0.25, 0.3) is 0 Å². The molecule has 5 nitrogen and oxygen atoms in total. The van der Waals surface area contributed by atoms with E-state index in [2.05, 4.69) is 30.1 Å². The summed E-state index contributed by atoms with van der Waals surface area (Å²) in [4.78, 5) is 11.6. The average molecular weight is 385 g/mol. The van der Waals surface area contributed by atoms with Crippen molar-refractivity contribution in [2.75, 3.05) is 12.1 Å². The minimum atomic E-state index is 0.403. The number of thiophene rings is 1. The molecule has 2 aromatic rings. The summed E-state index contributed by atoms with van der Waals surface area (Å²) in [6.07, 6.45) is 3.01. The number of halogens is 1. The lowest BCUT2D eigenvalue weighted by atomic mass is 10.1. The van der Waals surface area contributed by atoms with Crippen molar-refractivity contribution in [3.05, 3.63) is 45.1 Å². The van der Waals surface area contributed by atoms with Crippen molar-refractivity contribution in [1.29, 1.82) is 0 Å². The average Bonchev–Trinajstić information content (AvgIpc) is 3.34. The van der Waals surface area contributed by atoms with Gasteiger partial charge in [-0.2, -0.15) is 0 Å². The van der Waals surface area contributed by atoms with Gasteiger partial charge in [0.15, 0.2) is 0 Å². The molecule has 8 heteroatoms. The Hall–Kier alpha value is -1.25. The summed E-state index contributed by atoms with van der Waals surface area (Å²) in [6, 6.07) is 10.5. The molecule has 0 unspecified atom stereocenters. The number of anilines is 1. The maximum atomic E-state index is 8.94. The topological polar surface area (TPSA) is 84.4 Å². The van der Waals surface area contributed by atoms with Gasteiger partial charge >= 0.3 is 0 Å². The number of hydrogen-bond acceptors (Lipinski definition) is 6. The first-order valence-corrected chi connectivity index (χ1v) is 9.63. The van der Waals surface area contributed by atoms with Crippen LogP contribution in [0.25, 0.3) is 0 Å². The summed E-state index contributed by atoms with van der Waals surface area (Å²) in [7, 11) is 1.90. The van der Waals surface area contributed by atoms with Crippen molar-refractivity contribution in [2.45, 2.75) is 29.4 Å². The van der Waals surface area contributed by atoms with Crippen molar-refractivity contribution >= 4 is 46.8 Å². The van der Waals surface area contributed by atoms with E-state index in [0.717, 1.165) is 21.7 Å². The number of nitrogens with one attached hydrogen (secondary N) is 1. The third-order valence-corrected chi connectivity index (χ3v) is 6.08. The molecule has 0 radical (unpaired) electrons. The van der Waals surface area contributed by atoms with Gasteiger partial charge in [-0.25, -0.2) is 11.7 Å². The minimum Gasteiger partial charge on any atom is -0.313 e. The summed E-state index contributed by atoms with van der Waals surface area (Å²) in [5.74, 6) is 12.1. The predicted molar refractivity (Wildman–Crippen MR) is 103 cm³/mol. The first-order valence-electron chi connectivity index (χ1n) is 7.45. The highest BCUT2D eigenvalue weighted by Gasteiger charge is 2.27. The molecule has 0 saturated heterocycles. The highest BCUT2D eigenvalue weighted by Crippen LogP contribution is 2.47. The number of amides is 1. The number of carbonyl (C=O) groups excluding carboxylic acids is 1. The zero-order valence-corrected chi connectivity index (χ0v) is 15.8. The Balaban J connectivity index is 0.000000471. The fourth-order valence-corrected chi connectivity index (χ4v) is 4.71. The van der Waals surface area contributed by atoms with Crippen LogP contribution in [0.4, 0.5) is 5.69 Å². The fourth-order valence-electron chi connectivity index (χ4n) is 2.27. The Kier molecular flexibility index (Phi) is 7.39. The van der Waals surface area contributed by atoms with Gasteiger partial charge in [-0.1, -0.05) is 23.7 Å². The molecule has 1 aromatic carbocycles. The van der Waals surface area contributed by atoms with E-state index in [-0.39, 0.29) is 0 Å². The first kappa shape index (κ1) is 19.1. The molecule has 1 heterocycles. The molecule has 130 valence electrons. The van der Waals surface area contributed by atoms with Crippen LogP contribution < -0.4 is 22.1 Å². The van der Waals surface area contributed by atoms with Gasteiger partial charge in [0.2, 0.25) is 6.41 Å². The van der Waals surface area contributed by atoms with Gasteiger partial charge in [0.1, 0.15) is 0 Å². The summed E-state index contributed by atoms with van der Waals surface area (Å²) >= 11 is 9.51. The van der Waals surface area contributed by atoms with Gasteiger partial charge in [0, 0.05) is 22.6 Å². The van der Waals surface area contributed by atoms with Crippen LogP contribution in [0.1, 0.15) is 29.2 Å². The van der Waals surface area contributed by atoms with E-state index in [4.69, 9.17) is 22.2 Å². The Morgan fingerprint density at radius 1 is 1.42 bits per heavy atom. The molecule has 24 heavy (non-hydrogen) atoms. The fraction of sp³-hybridized carbons (Fsp3) is 0.312. The standard InChI is InChI=1S/C15H17ClN2S2.CH4N2O/c1-18(17)13-4-2-3-12(10-5-6-10)15(13)19-9-11-7-8-14(16)20-11;2-3-1-4/h2-4,7-8,10H,5-6,9,17H2,1H3;1H,2H2,(H,3,4). The second-order valence-electron chi connectivity index (χ2n) is 5.36. The molecule has 1 aliphatic carbocycles. The lowest BCUT2D eigenvalue weighted by Crippen LogP contribution is -2.25. The Morgan fingerprint density at radius 2 is 2.12 bits per heavy atom. The van der Waals surface area contributed by atoms with Crippen molar-refractivity contribution in [3.63, 3.8) is 0 Å². The number of hydrazine groups is 2. The zero-order valence-electron chi connectivity index (χ0n) is 13.4. The molecule has 1 aliphatic rings. The third-order valence-electron chi connectivity index (χ3n) is 3.48. The van der Waals surface area contributed by atoms with Crippen molar-refractivity contribution in [2.24, 2.45) is 11.7 Å². The summed E-state index contributed by atoms with van der Waals surface area (Å²) in [6.45, 7) is 0. The number of benzene rings is 1. The van der Waals surface area contributed by atoms with Crippen molar-refractivity contribution < 1.29 is 4.79 Å². The van der Waals surface area contributed by atoms with E-state index in [1.807, 2.05) is 24.9 Å². The van der Waals surface area contributed by atoms with E-state index < -0.39 is 0 Å². The Bertz CT molecular complexity index is 654. The van der Waals surface area contributed by atoms with E-state index in [0.29, 0.717) is 6.41 Å². The predicted octanol–water partition coefficient (Wildman–Crippen LogP) is 3.49. The summed E-state index contributed by atoms with van der Waals surface area (Å²) in [5, 5.41) is 1.72. The third kappa shape index (κ3) is 5.39.